The van der Waals surface area contributed by atoms with Crippen LogP contribution >= 0.6 is 15.9 Å². The van der Waals surface area contributed by atoms with Gasteiger partial charge in [-0.15, -0.1) is 0 Å². The molecule has 2 aromatic carbocycles. The fraction of sp³-hybridized carbons (Fsp3) is 0.176. The SMILES string of the molecule is Cc1cc(C)c(-c2cc3cccc(Br)c3[nH]2)c(C)c1. The summed E-state index contributed by atoms with van der Waals surface area (Å²) in [6.07, 6.45) is 0. The molecule has 0 aliphatic rings. The first-order chi connectivity index (χ1) is 9.06. The van der Waals surface area contributed by atoms with Crippen LogP contribution in [0.25, 0.3) is 22.2 Å². The molecule has 1 heterocycles. The smallest absolute Gasteiger partial charge is 0.0603 e. The molecule has 0 aliphatic heterocycles. The zero-order valence-electron chi connectivity index (χ0n) is 11.3. The van der Waals surface area contributed by atoms with Crippen LogP contribution in [0.1, 0.15) is 16.7 Å². The van der Waals surface area contributed by atoms with Gasteiger partial charge in [0.25, 0.3) is 0 Å². The molecule has 0 unspecified atom stereocenters. The highest BCUT2D eigenvalue weighted by molar-refractivity contribution is 9.10. The molecule has 3 aromatic rings. The number of aromatic amines is 1. The maximum atomic E-state index is 3.60. The Morgan fingerprint density at radius 3 is 2.26 bits per heavy atom. The molecule has 3 rings (SSSR count). The van der Waals surface area contributed by atoms with Crippen molar-refractivity contribution >= 4 is 26.8 Å². The van der Waals surface area contributed by atoms with Crippen molar-refractivity contribution in [3.63, 3.8) is 0 Å². The molecule has 0 amide bonds. The summed E-state index contributed by atoms with van der Waals surface area (Å²) in [6.45, 7) is 6.50. The number of H-pyrrole nitrogens is 1. The third-order valence-corrected chi connectivity index (χ3v) is 4.21. The van der Waals surface area contributed by atoms with Crippen LogP contribution in [0.5, 0.6) is 0 Å². The number of hydrogen-bond donors (Lipinski definition) is 1. The van der Waals surface area contributed by atoms with Crippen LogP contribution in [0.15, 0.2) is 40.9 Å². The summed E-state index contributed by atoms with van der Waals surface area (Å²) in [7, 11) is 0. The molecule has 1 N–H and O–H groups in total. The summed E-state index contributed by atoms with van der Waals surface area (Å²) < 4.78 is 1.11. The van der Waals surface area contributed by atoms with Gasteiger partial charge in [-0.2, -0.15) is 0 Å². The average Bonchev–Trinajstić information content (AvgIpc) is 2.72. The van der Waals surface area contributed by atoms with Gasteiger partial charge >= 0.3 is 0 Å². The molecule has 2 heteroatoms. The van der Waals surface area contributed by atoms with Gasteiger partial charge in [0, 0.05) is 21.1 Å². The van der Waals surface area contributed by atoms with E-state index in [1.807, 2.05) is 0 Å². The van der Waals surface area contributed by atoms with E-state index in [1.54, 1.807) is 0 Å². The van der Waals surface area contributed by atoms with Crippen molar-refractivity contribution in [1.82, 2.24) is 4.98 Å². The number of fused-ring (bicyclic) bond motifs is 1. The van der Waals surface area contributed by atoms with Gasteiger partial charge in [0.05, 0.1) is 5.52 Å². The molecule has 0 radical (unpaired) electrons. The second-order valence-electron chi connectivity index (χ2n) is 5.16. The number of aryl methyl sites for hydroxylation is 3. The lowest BCUT2D eigenvalue weighted by atomic mass is 9.97. The normalized spacial score (nSPS) is 11.2. The molecule has 0 atom stereocenters. The fourth-order valence-electron chi connectivity index (χ4n) is 2.86. The van der Waals surface area contributed by atoms with Crippen LogP contribution in [0.2, 0.25) is 0 Å². The number of aromatic nitrogens is 1. The van der Waals surface area contributed by atoms with E-state index in [9.17, 15) is 0 Å². The molecule has 0 spiro atoms. The third kappa shape index (κ3) is 2.10. The van der Waals surface area contributed by atoms with Crippen molar-refractivity contribution in [2.45, 2.75) is 20.8 Å². The molecule has 0 fully saturated rings. The first kappa shape index (κ1) is 12.5. The van der Waals surface area contributed by atoms with Crippen LogP contribution in [0.4, 0.5) is 0 Å². The molecule has 0 bridgehead atoms. The van der Waals surface area contributed by atoms with Gasteiger partial charge in [-0.05, 0) is 60.0 Å². The number of benzene rings is 2. The summed E-state index contributed by atoms with van der Waals surface area (Å²) in [4.78, 5) is 3.53. The van der Waals surface area contributed by atoms with Gasteiger partial charge in [-0.1, -0.05) is 29.8 Å². The predicted molar refractivity (Wildman–Crippen MR) is 85.6 cm³/mol. The summed E-state index contributed by atoms with van der Waals surface area (Å²) >= 11 is 3.60. The van der Waals surface area contributed by atoms with Crippen LogP contribution < -0.4 is 0 Å². The third-order valence-electron chi connectivity index (χ3n) is 3.55. The van der Waals surface area contributed by atoms with E-state index in [0.717, 1.165) is 9.99 Å². The van der Waals surface area contributed by atoms with Crippen LogP contribution in [-0.2, 0) is 0 Å². The van der Waals surface area contributed by atoms with Crippen LogP contribution in [-0.4, -0.2) is 4.98 Å². The van der Waals surface area contributed by atoms with Gasteiger partial charge in [-0.3, -0.25) is 0 Å². The first-order valence-corrected chi connectivity index (χ1v) is 7.21. The van der Waals surface area contributed by atoms with E-state index >= 15 is 0 Å². The zero-order valence-corrected chi connectivity index (χ0v) is 12.9. The predicted octanol–water partition coefficient (Wildman–Crippen LogP) is 5.52. The van der Waals surface area contributed by atoms with Gasteiger partial charge < -0.3 is 4.98 Å². The van der Waals surface area contributed by atoms with Gasteiger partial charge in [0.1, 0.15) is 0 Å². The highest BCUT2D eigenvalue weighted by Crippen LogP contribution is 2.32. The van der Waals surface area contributed by atoms with E-state index < -0.39 is 0 Å². The van der Waals surface area contributed by atoms with Crippen molar-refractivity contribution in [1.29, 1.82) is 0 Å². The van der Waals surface area contributed by atoms with E-state index in [1.165, 1.54) is 33.3 Å². The van der Waals surface area contributed by atoms with E-state index in [-0.39, 0.29) is 0 Å². The molecule has 19 heavy (non-hydrogen) atoms. The van der Waals surface area contributed by atoms with Gasteiger partial charge in [-0.25, -0.2) is 0 Å². The number of nitrogens with one attached hydrogen (secondary N) is 1. The summed E-state index contributed by atoms with van der Waals surface area (Å²) in [5.74, 6) is 0. The van der Waals surface area contributed by atoms with E-state index in [2.05, 4.69) is 78.1 Å². The zero-order chi connectivity index (χ0) is 13.6. The standard InChI is InChI=1S/C17H16BrN/c1-10-7-11(2)16(12(3)8-10)15-9-13-5-4-6-14(18)17(13)19-15/h4-9,19H,1-3H3. The molecular formula is C17H16BrN. The lowest BCUT2D eigenvalue weighted by Gasteiger charge is -2.09. The Balaban J connectivity index is 2.28. The lowest BCUT2D eigenvalue weighted by Crippen LogP contribution is -1.89. The molecule has 96 valence electrons. The van der Waals surface area contributed by atoms with E-state index in [0.29, 0.717) is 0 Å². The molecule has 1 aromatic heterocycles. The van der Waals surface area contributed by atoms with Crippen molar-refractivity contribution in [2.75, 3.05) is 0 Å². The van der Waals surface area contributed by atoms with Crippen molar-refractivity contribution in [3.8, 4) is 11.3 Å². The Hall–Kier alpha value is -1.54. The van der Waals surface area contributed by atoms with Crippen molar-refractivity contribution < 1.29 is 0 Å². The summed E-state index contributed by atoms with van der Waals surface area (Å²) in [6, 6.07) is 13.0. The minimum Gasteiger partial charge on any atom is -0.354 e. The minimum absolute atomic E-state index is 1.11. The summed E-state index contributed by atoms with van der Waals surface area (Å²) in [5.41, 5.74) is 7.62. The Morgan fingerprint density at radius 2 is 1.63 bits per heavy atom. The Kier molecular flexibility index (Phi) is 2.98. The average molecular weight is 314 g/mol. The topological polar surface area (TPSA) is 15.8 Å². The quantitative estimate of drug-likeness (QED) is 0.608. The highest BCUT2D eigenvalue weighted by atomic mass is 79.9. The minimum atomic E-state index is 1.11. The lowest BCUT2D eigenvalue weighted by molar-refractivity contribution is 1.30. The largest absolute Gasteiger partial charge is 0.354 e. The Bertz CT molecular complexity index is 745. The number of para-hydroxylation sites is 1. The maximum absolute atomic E-state index is 3.60. The molecule has 0 saturated heterocycles. The first-order valence-electron chi connectivity index (χ1n) is 6.42. The van der Waals surface area contributed by atoms with Crippen LogP contribution in [0, 0.1) is 20.8 Å². The highest BCUT2D eigenvalue weighted by Gasteiger charge is 2.10. The Morgan fingerprint density at radius 1 is 0.947 bits per heavy atom. The van der Waals surface area contributed by atoms with Crippen molar-refractivity contribution in [3.05, 3.63) is 57.6 Å². The number of halogens is 1. The number of hydrogen-bond acceptors (Lipinski definition) is 0. The second-order valence-corrected chi connectivity index (χ2v) is 6.02. The molecule has 0 aliphatic carbocycles. The summed E-state index contributed by atoms with van der Waals surface area (Å²) in [5, 5.41) is 1.24. The number of rotatable bonds is 1. The van der Waals surface area contributed by atoms with Gasteiger partial charge in [0.15, 0.2) is 0 Å². The fourth-order valence-corrected chi connectivity index (χ4v) is 3.34. The Labute approximate surface area is 121 Å². The second kappa shape index (κ2) is 4.53. The maximum Gasteiger partial charge on any atom is 0.0603 e. The van der Waals surface area contributed by atoms with Crippen molar-refractivity contribution in [2.24, 2.45) is 0 Å². The van der Waals surface area contributed by atoms with E-state index in [4.69, 9.17) is 0 Å². The molecule has 1 nitrogen and oxygen atoms in total. The monoisotopic (exact) mass is 313 g/mol. The molecular weight excluding hydrogens is 298 g/mol. The van der Waals surface area contributed by atoms with Gasteiger partial charge in [0.2, 0.25) is 0 Å². The van der Waals surface area contributed by atoms with Crippen LogP contribution in [0.3, 0.4) is 0 Å². The molecule has 0 saturated carbocycles.